The topological polar surface area (TPSA) is 109 Å². The molecule has 0 saturated heterocycles. The summed E-state index contributed by atoms with van der Waals surface area (Å²) in [4.78, 5) is 13.1. The normalized spacial score (nSPS) is 11.6. The van der Waals surface area contributed by atoms with Crippen LogP contribution in [-0.2, 0) is 10.0 Å². The molecule has 0 spiro atoms. The van der Waals surface area contributed by atoms with Crippen molar-refractivity contribution in [2.75, 3.05) is 24.7 Å². The lowest BCUT2D eigenvalue weighted by Gasteiger charge is -2.19. The van der Waals surface area contributed by atoms with Crippen LogP contribution in [0.5, 0.6) is 5.75 Å². The van der Waals surface area contributed by atoms with Crippen LogP contribution in [0.25, 0.3) is 11.1 Å². The molecule has 2 heterocycles. The van der Waals surface area contributed by atoms with Crippen LogP contribution in [0.3, 0.4) is 0 Å². The molecule has 4 aromatic rings. The van der Waals surface area contributed by atoms with E-state index < -0.39 is 10.0 Å². The van der Waals surface area contributed by atoms with Gasteiger partial charge in [0.25, 0.3) is 0 Å². The summed E-state index contributed by atoms with van der Waals surface area (Å²) in [5, 5.41) is 6.51. The molecule has 198 valence electrons. The SMILES string of the molecule is Cc1cc(Nc2ncc(Cl)c(Nc3ccccc3S(=O)(=O)N(C)C)n2)c(OC(C)C)cc1-c1ccncc1. The zero-order valence-electron chi connectivity index (χ0n) is 21.7. The van der Waals surface area contributed by atoms with Gasteiger partial charge in [-0.05, 0) is 73.9 Å². The Balaban J connectivity index is 1.70. The Labute approximate surface area is 227 Å². The van der Waals surface area contributed by atoms with Crippen LogP contribution >= 0.6 is 11.6 Å². The van der Waals surface area contributed by atoms with Crippen molar-refractivity contribution >= 4 is 44.8 Å². The van der Waals surface area contributed by atoms with Crippen molar-refractivity contribution in [2.45, 2.75) is 31.8 Å². The first-order valence-electron chi connectivity index (χ1n) is 11.9. The highest BCUT2D eigenvalue weighted by atomic mass is 35.5. The summed E-state index contributed by atoms with van der Waals surface area (Å²) in [7, 11) is -0.746. The fourth-order valence-electron chi connectivity index (χ4n) is 3.73. The van der Waals surface area contributed by atoms with Gasteiger partial charge in [-0.3, -0.25) is 4.98 Å². The number of nitrogens with zero attached hydrogens (tertiary/aromatic N) is 4. The van der Waals surface area contributed by atoms with Crippen LogP contribution in [0.15, 0.2) is 72.0 Å². The van der Waals surface area contributed by atoms with E-state index in [1.54, 1.807) is 30.6 Å². The maximum atomic E-state index is 12.8. The van der Waals surface area contributed by atoms with Crippen molar-refractivity contribution in [1.29, 1.82) is 0 Å². The van der Waals surface area contributed by atoms with E-state index >= 15 is 0 Å². The molecule has 0 fully saturated rings. The number of aryl methyl sites for hydroxylation is 1. The summed E-state index contributed by atoms with van der Waals surface area (Å²) in [5.41, 5.74) is 4.09. The van der Waals surface area contributed by atoms with E-state index in [0.717, 1.165) is 21.0 Å². The summed E-state index contributed by atoms with van der Waals surface area (Å²) < 4.78 is 32.9. The van der Waals surface area contributed by atoms with Gasteiger partial charge < -0.3 is 15.4 Å². The first-order valence-corrected chi connectivity index (χ1v) is 13.7. The summed E-state index contributed by atoms with van der Waals surface area (Å²) in [6, 6.07) is 14.4. The third-order valence-corrected chi connectivity index (χ3v) is 7.72. The molecular formula is C27H29ClN6O3S. The number of hydrogen-bond donors (Lipinski definition) is 2. The fraction of sp³-hybridized carbons (Fsp3) is 0.222. The molecule has 0 aliphatic carbocycles. The minimum Gasteiger partial charge on any atom is -0.489 e. The molecule has 11 heteroatoms. The van der Waals surface area contributed by atoms with Gasteiger partial charge in [-0.25, -0.2) is 17.7 Å². The number of aromatic nitrogens is 3. The molecule has 2 aromatic heterocycles. The summed E-state index contributed by atoms with van der Waals surface area (Å²) in [6.45, 7) is 5.92. The number of anilines is 4. The van der Waals surface area contributed by atoms with Gasteiger partial charge in [-0.15, -0.1) is 0 Å². The van der Waals surface area contributed by atoms with Gasteiger partial charge in [-0.1, -0.05) is 23.7 Å². The standard InChI is InChI=1S/C27H29ClN6O3S/c1-17(2)37-24-15-20(19-10-12-29-13-11-19)18(3)14-23(24)32-27-30-16-21(28)26(33-27)31-22-8-6-7-9-25(22)38(35,36)34(4)5/h6-17H,1-5H3,(H2,30,31,32,33). The third kappa shape index (κ3) is 6.04. The maximum Gasteiger partial charge on any atom is 0.244 e. The highest BCUT2D eigenvalue weighted by Crippen LogP contribution is 2.36. The van der Waals surface area contributed by atoms with Crippen molar-refractivity contribution in [3.63, 3.8) is 0 Å². The molecule has 0 aliphatic heterocycles. The zero-order valence-corrected chi connectivity index (χ0v) is 23.3. The molecular weight excluding hydrogens is 524 g/mol. The molecule has 9 nitrogen and oxygen atoms in total. The molecule has 0 bridgehead atoms. The van der Waals surface area contributed by atoms with E-state index in [1.165, 1.54) is 26.4 Å². The first-order chi connectivity index (χ1) is 18.1. The van der Waals surface area contributed by atoms with Crippen LogP contribution in [0.2, 0.25) is 5.02 Å². The van der Waals surface area contributed by atoms with E-state index in [2.05, 4.69) is 25.6 Å². The van der Waals surface area contributed by atoms with Crippen molar-refractivity contribution in [2.24, 2.45) is 0 Å². The number of pyridine rings is 1. The minimum absolute atomic E-state index is 0.0675. The van der Waals surface area contributed by atoms with E-state index in [-0.39, 0.29) is 27.8 Å². The van der Waals surface area contributed by atoms with Gasteiger partial charge in [0.05, 0.1) is 23.7 Å². The summed E-state index contributed by atoms with van der Waals surface area (Å²) in [6.07, 6.45) is 4.88. The Hall–Kier alpha value is -3.73. The van der Waals surface area contributed by atoms with Crippen LogP contribution in [0.1, 0.15) is 19.4 Å². The predicted molar refractivity (Wildman–Crippen MR) is 151 cm³/mol. The second-order valence-electron chi connectivity index (χ2n) is 8.99. The molecule has 0 amide bonds. The Morgan fingerprint density at radius 1 is 1.00 bits per heavy atom. The Bertz CT molecular complexity index is 1550. The molecule has 0 unspecified atom stereocenters. The number of rotatable bonds is 9. The quantitative estimate of drug-likeness (QED) is 0.259. The highest BCUT2D eigenvalue weighted by molar-refractivity contribution is 7.89. The number of halogens is 1. The van der Waals surface area contributed by atoms with Crippen molar-refractivity contribution in [1.82, 2.24) is 19.3 Å². The minimum atomic E-state index is -3.70. The second-order valence-corrected chi connectivity index (χ2v) is 11.5. The van der Waals surface area contributed by atoms with Gasteiger partial charge in [0.15, 0.2) is 5.82 Å². The zero-order chi connectivity index (χ0) is 27.4. The van der Waals surface area contributed by atoms with E-state index in [1.807, 2.05) is 45.0 Å². The number of nitrogens with one attached hydrogen (secondary N) is 2. The lowest BCUT2D eigenvalue weighted by molar-refractivity contribution is 0.244. The summed E-state index contributed by atoms with van der Waals surface area (Å²) >= 11 is 6.39. The second kappa shape index (κ2) is 11.3. The Morgan fingerprint density at radius 2 is 1.71 bits per heavy atom. The van der Waals surface area contributed by atoms with Crippen LogP contribution in [0.4, 0.5) is 23.1 Å². The Morgan fingerprint density at radius 3 is 2.39 bits per heavy atom. The molecule has 38 heavy (non-hydrogen) atoms. The predicted octanol–water partition coefficient (Wildman–Crippen LogP) is 6.03. The maximum absolute atomic E-state index is 12.8. The Kier molecular flexibility index (Phi) is 8.15. The van der Waals surface area contributed by atoms with E-state index in [4.69, 9.17) is 16.3 Å². The molecule has 2 N–H and O–H groups in total. The van der Waals surface area contributed by atoms with Gasteiger partial charge >= 0.3 is 0 Å². The van der Waals surface area contributed by atoms with Gasteiger partial charge in [0.2, 0.25) is 16.0 Å². The third-order valence-electron chi connectivity index (χ3n) is 5.57. The van der Waals surface area contributed by atoms with Gasteiger partial charge in [0, 0.05) is 26.5 Å². The number of sulfonamides is 1. The fourth-order valence-corrected chi connectivity index (χ4v) is 4.91. The first kappa shape index (κ1) is 27.3. The molecule has 0 radical (unpaired) electrons. The lowest BCUT2D eigenvalue weighted by atomic mass is 10.0. The van der Waals surface area contributed by atoms with Crippen LogP contribution < -0.4 is 15.4 Å². The molecule has 2 aromatic carbocycles. The largest absolute Gasteiger partial charge is 0.489 e. The van der Waals surface area contributed by atoms with Crippen molar-refractivity contribution < 1.29 is 13.2 Å². The summed E-state index contributed by atoms with van der Waals surface area (Å²) in [5.74, 6) is 1.14. The van der Waals surface area contributed by atoms with Crippen molar-refractivity contribution in [3.8, 4) is 16.9 Å². The average Bonchev–Trinajstić information content (AvgIpc) is 2.88. The van der Waals surface area contributed by atoms with Crippen LogP contribution in [-0.4, -0.2) is 47.9 Å². The number of para-hydroxylation sites is 1. The number of ether oxygens (including phenoxy) is 1. The smallest absolute Gasteiger partial charge is 0.244 e. The van der Waals surface area contributed by atoms with E-state index in [0.29, 0.717) is 17.1 Å². The highest BCUT2D eigenvalue weighted by Gasteiger charge is 2.22. The van der Waals surface area contributed by atoms with E-state index in [9.17, 15) is 8.42 Å². The molecule has 4 rings (SSSR count). The number of benzene rings is 2. The van der Waals surface area contributed by atoms with Gasteiger partial charge in [0.1, 0.15) is 15.7 Å². The monoisotopic (exact) mass is 552 g/mol. The lowest BCUT2D eigenvalue weighted by Crippen LogP contribution is -2.23. The van der Waals surface area contributed by atoms with Gasteiger partial charge in [-0.2, -0.15) is 4.98 Å². The van der Waals surface area contributed by atoms with Crippen molar-refractivity contribution in [3.05, 3.63) is 77.7 Å². The number of hydrogen-bond acceptors (Lipinski definition) is 8. The van der Waals surface area contributed by atoms with Crippen LogP contribution in [0, 0.1) is 6.92 Å². The average molecular weight is 553 g/mol. The molecule has 0 aliphatic rings. The molecule has 0 atom stereocenters. The molecule has 0 saturated carbocycles.